The molecule has 0 radical (unpaired) electrons. The number of rotatable bonds is 6. The van der Waals surface area contributed by atoms with Crippen LogP contribution in [0.3, 0.4) is 0 Å². The number of nitrogens with zero attached hydrogens (tertiary/aromatic N) is 1. The molecular weight excluding hydrogens is 458 g/mol. The van der Waals surface area contributed by atoms with Crippen LogP contribution in [0.1, 0.15) is 87.0 Å². The molecule has 0 aromatic heterocycles. The molecule has 3 heterocycles. The first kappa shape index (κ1) is 29.8. The Morgan fingerprint density at radius 3 is 2.44 bits per heavy atom. The number of fused-ring (bicyclic) bond motifs is 2. The normalized spacial score (nSPS) is 46.2. The first-order valence-electron chi connectivity index (χ1n) is 14.3. The second kappa shape index (κ2) is 12.0. The Bertz CT molecular complexity index is 733. The van der Waals surface area contributed by atoms with Gasteiger partial charge in [0.1, 0.15) is 6.10 Å². The van der Waals surface area contributed by atoms with E-state index in [1.54, 1.807) is 0 Å². The Morgan fingerprint density at radius 2 is 1.83 bits per heavy atom. The number of carbonyl (C=O) groups excluding carboxylic acids is 1. The summed E-state index contributed by atoms with van der Waals surface area (Å²) in [5.41, 5.74) is -0.389. The van der Waals surface area contributed by atoms with Crippen LogP contribution in [-0.2, 0) is 19.0 Å². The van der Waals surface area contributed by atoms with Crippen LogP contribution in [0.15, 0.2) is 0 Å². The number of likely N-dealkylation sites (N-methyl/N-ethyl adjacent to an activating group) is 1. The van der Waals surface area contributed by atoms with Crippen molar-refractivity contribution in [2.24, 2.45) is 29.6 Å². The zero-order chi connectivity index (χ0) is 26.9. The van der Waals surface area contributed by atoms with Crippen LogP contribution >= 0.6 is 0 Å². The van der Waals surface area contributed by atoms with Gasteiger partial charge in [0.05, 0.1) is 36.1 Å². The second-order valence-corrected chi connectivity index (χ2v) is 12.8. The van der Waals surface area contributed by atoms with Crippen molar-refractivity contribution >= 4 is 5.97 Å². The monoisotopic (exact) mass is 511 g/mol. The fraction of sp³-hybridized carbons (Fsp3) is 0.966. The van der Waals surface area contributed by atoms with Crippen molar-refractivity contribution in [2.75, 3.05) is 14.1 Å². The van der Waals surface area contributed by atoms with E-state index < -0.39 is 12.2 Å². The Kier molecular flexibility index (Phi) is 9.92. The van der Waals surface area contributed by atoms with Crippen molar-refractivity contribution < 1.29 is 29.2 Å². The summed E-state index contributed by atoms with van der Waals surface area (Å²) in [6, 6.07) is 0.0583. The molecule has 210 valence electrons. The largest absolute Gasteiger partial charge is 0.462 e. The van der Waals surface area contributed by atoms with Gasteiger partial charge < -0.3 is 29.3 Å². The molecule has 0 amide bonds. The lowest BCUT2D eigenvalue weighted by molar-refractivity contribution is -0.174. The number of hydrogen-bond acceptors (Lipinski definition) is 7. The molecule has 0 aliphatic carbocycles. The molecule has 2 bridgehead atoms. The molecule has 3 fully saturated rings. The third-order valence-electron chi connectivity index (χ3n) is 9.72. The predicted molar refractivity (Wildman–Crippen MR) is 141 cm³/mol. The van der Waals surface area contributed by atoms with Crippen LogP contribution in [0, 0.1) is 29.6 Å². The molecule has 3 rings (SSSR count). The highest BCUT2D eigenvalue weighted by Crippen LogP contribution is 2.49. The van der Waals surface area contributed by atoms with Gasteiger partial charge in [0.2, 0.25) is 0 Å². The van der Waals surface area contributed by atoms with Crippen LogP contribution in [0.5, 0.6) is 0 Å². The first-order valence-corrected chi connectivity index (χ1v) is 14.3. The standard InChI is InChI=1S/C29H53NO6/c1-10-23(31)19(5)28-20(6)27-17(3)15-29(7,36-27)21(16(2)11-12-25(32)35-28)14-24-26(33)22(30(8)9)13-18(4)34-24/h16-24,26-28,31,33H,10-15H2,1-9H3/t16?,17?,18?,19-,20-,21+,22?,23+,24?,26?,27?,28?,29-/m0/s1. The smallest absolute Gasteiger partial charge is 0.306 e. The minimum Gasteiger partial charge on any atom is -0.462 e. The van der Waals surface area contributed by atoms with Gasteiger partial charge in [-0.1, -0.05) is 34.6 Å². The van der Waals surface area contributed by atoms with Gasteiger partial charge in [-0.25, -0.2) is 0 Å². The fourth-order valence-electron chi connectivity index (χ4n) is 7.53. The van der Waals surface area contributed by atoms with Crippen LogP contribution in [0.25, 0.3) is 0 Å². The van der Waals surface area contributed by atoms with Gasteiger partial charge in [-0.15, -0.1) is 0 Å². The van der Waals surface area contributed by atoms with Gasteiger partial charge in [-0.3, -0.25) is 4.79 Å². The number of carbonyl (C=O) groups is 1. The van der Waals surface area contributed by atoms with E-state index in [2.05, 4.69) is 39.5 Å². The molecule has 7 heteroatoms. The average Bonchev–Trinajstić information content (AvgIpc) is 3.13. The minimum atomic E-state index is -0.565. The first-order chi connectivity index (χ1) is 16.8. The number of aliphatic hydroxyl groups is 2. The average molecular weight is 512 g/mol. The van der Waals surface area contributed by atoms with E-state index in [4.69, 9.17) is 14.2 Å². The SMILES string of the molecule is CC[C@@H](O)[C@H](C)C1OC(=O)CCC(C)[C@@H](CC2OC(C)CC(N(C)C)C2O)[C@]2(C)CC(C)C(O2)[C@@H]1C. The fourth-order valence-corrected chi connectivity index (χ4v) is 7.53. The van der Waals surface area contributed by atoms with Crippen molar-refractivity contribution in [1.82, 2.24) is 4.90 Å². The lowest BCUT2D eigenvalue weighted by Gasteiger charge is -2.46. The maximum absolute atomic E-state index is 13.0. The van der Waals surface area contributed by atoms with E-state index in [1.165, 1.54) is 0 Å². The summed E-state index contributed by atoms with van der Waals surface area (Å²) in [6.07, 6.45) is 2.34. The molecule has 3 aliphatic rings. The highest BCUT2D eigenvalue weighted by Gasteiger charge is 2.53. The highest BCUT2D eigenvalue weighted by atomic mass is 16.6. The number of esters is 1. The Balaban J connectivity index is 1.91. The zero-order valence-electron chi connectivity index (χ0n) is 24.1. The summed E-state index contributed by atoms with van der Waals surface area (Å²) < 4.78 is 19.4. The molecule has 36 heavy (non-hydrogen) atoms. The van der Waals surface area contributed by atoms with E-state index in [9.17, 15) is 15.0 Å². The summed E-state index contributed by atoms with van der Waals surface area (Å²) in [5, 5.41) is 21.9. The van der Waals surface area contributed by atoms with E-state index in [1.807, 2.05) is 27.9 Å². The van der Waals surface area contributed by atoms with Gasteiger partial charge >= 0.3 is 5.97 Å². The Morgan fingerprint density at radius 1 is 1.17 bits per heavy atom. The lowest BCUT2D eigenvalue weighted by Crippen LogP contribution is -2.55. The summed E-state index contributed by atoms with van der Waals surface area (Å²) in [6.45, 7) is 14.8. The summed E-state index contributed by atoms with van der Waals surface area (Å²) >= 11 is 0. The molecule has 3 aliphatic heterocycles. The number of hydrogen-bond donors (Lipinski definition) is 2. The van der Waals surface area contributed by atoms with Gasteiger partial charge in [0.15, 0.2) is 0 Å². The predicted octanol–water partition coefficient (Wildman–Crippen LogP) is 4.03. The molecule has 0 saturated carbocycles. The zero-order valence-corrected chi connectivity index (χ0v) is 24.1. The third kappa shape index (κ3) is 6.28. The molecule has 3 saturated heterocycles. The number of cyclic esters (lactones) is 1. The van der Waals surface area contributed by atoms with Gasteiger partial charge in [-0.05, 0) is 77.8 Å². The molecule has 7 nitrogen and oxygen atoms in total. The molecule has 0 aromatic carbocycles. The molecule has 0 spiro atoms. The summed E-state index contributed by atoms with van der Waals surface area (Å²) in [4.78, 5) is 15.1. The number of ether oxygens (including phenoxy) is 3. The molecule has 8 unspecified atom stereocenters. The quantitative estimate of drug-likeness (QED) is 0.521. The van der Waals surface area contributed by atoms with E-state index in [0.717, 1.165) is 12.8 Å². The molecule has 2 N–H and O–H groups in total. The maximum atomic E-state index is 13.0. The molecule has 13 atom stereocenters. The maximum Gasteiger partial charge on any atom is 0.306 e. The lowest BCUT2D eigenvalue weighted by atomic mass is 9.71. The summed E-state index contributed by atoms with van der Waals surface area (Å²) in [7, 11) is 4.04. The molecule has 0 aromatic rings. The van der Waals surface area contributed by atoms with E-state index in [-0.39, 0.29) is 71.6 Å². The summed E-state index contributed by atoms with van der Waals surface area (Å²) in [5.74, 6) is 0.222. The van der Waals surface area contributed by atoms with Crippen molar-refractivity contribution in [3.63, 3.8) is 0 Å². The van der Waals surface area contributed by atoms with Gasteiger partial charge in [0.25, 0.3) is 0 Å². The van der Waals surface area contributed by atoms with Crippen LogP contribution in [0.4, 0.5) is 0 Å². The Labute approximate surface area is 219 Å². The van der Waals surface area contributed by atoms with Crippen molar-refractivity contribution in [2.45, 2.75) is 135 Å². The third-order valence-corrected chi connectivity index (χ3v) is 9.72. The molecular formula is C29H53NO6. The van der Waals surface area contributed by atoms with Crippen LogP contribution in [-0.4, -0.2) is 83.4 Å². The van der Waals surface area contributed by atoms with Crippen LogP contribution in [0.2, 0.25) is 0 Å². The second-order valence-electron chi connectivity index (χ2n) is 12.8. The van der Waals surface area contributed by atoms with Gasteiger partial charge in [-0.2, -0.15) is 0 Å². The Hall–Kier alpha value is -0.730. The highest BCUT2D eigenvalue weighted by molar-refractivity contribution is 5.69. The minimum absolute atomic E-state index is 0.0364. The van der Waals surface area contributed by atoms with Crippen molar-refractivity contribution in [3.05, 3.63) is 0 Å². The van der Waals surface area contributed by atoms with Crippen LogP contribution < -0.4 is 0 Å². The van der Waals surface area contributed by atoms with Crippen molar-refractivity contribution in [3.8, 4) is 0 Å². The number of aliphatic hydroxyl groups excluding tert-OH is 2. The van der Waals surface area contributed by atoms with Gasteiger partial charge in [0, 0.05) is 24.3 Å². The van der Waals surface area contributed by atoms with Crippen molar-refractivity contribution in [1.29, 1.82) is 0 Å². The topological polar surface area (TPSA) is 88.5 Å². The van der Waals surface area contributed by atoms with E-state index >= 15 is 0 Å². The van der Waals surface area contributed by atoms with E-state index in [0.29, 0.717) is 25.7 Å².